The number of alkyl halides is 4. The Labute approximate surface area is 136 Å². The molecule has 1 amide bonds. The number of nitrogens with one attached hydrogen (secondary N) is 2. The summed E-state index contributed by atoms with van der Waals surface area (Å²) in [6.07, 6.45) is -6.08. The normalized spacial score (nSPS) is 11.6. The van der Waals surface area contributed by atoms with Gasteiger partial charge in [-0.1, -0.05) is 0 Å². The van der Waals surface area contributed by atoms with E-state index in [-0.39, 0.29) is 11.3 Å². The monoisotopic (exact) mass is 358 g/mol. The Morgan fingerprint density at radius 3 is 2.68 bits per heavy atom. The lowest BCUT2D eigenvalue weighted by atomic mass is 10.3. The fourth-order valence-corrected chi connectivity index (χ4v) is 2.23. The first-order valence-electron chi connectivity index (χ1n) is 6.90. The Morgan fingerprint density at radius 2 is 2.00 bits per heavy atom. The van der Waals surface area contributed by atoms with E-state index in [9.17, 15) is 27.2 Å². The van der Waals surface area contributed by atoms with E-state index in [0.717, 1.165) is 0 Å². The molecule has 0 aliphatic heterocycles. The van der Waals surface area contributed by atoms with Crippen LogP contribution in [0.1, 0.15) is 24.2 Å². The molecule has 7 nitrogen and oxygen atoms in total. The van der Waals surface area contributed by atoms with Gasteiger partial charge in [-0.3, -0.25) is 14.5 Å². The van der Waals surface area contributed by atoms with Gasteiger partial charge in [0.15, 0.2) is 5.58 Å². The van der Waals surface area contributed by atoms with Gasteiger partial charge in [-0.15, -0.1) is 0 Å². The minimum absolute atomic E-state index is 0.259. The summed E-state index contributed by atoms with van der Waals surface area (Å²) >= 11 is 0. The number of aromatic nitrogens is 3. The zero-order chi connectivity index (χ0) is 18.1. The van der Waals surface area contributed by atoms with E-state index in [0.29, 0.717) is 16.3 Å². The Hall–Kier alpha value is -3.11. The fraction of sp³-hybridized carbons (Fsp3) is 0.214. The van der Waals surface area contributed by atoms with Crippen LogP contribution in [-0.4, -0.2) is 20.7 Å². The van der Waals surface area contributed by atoms with Crippen LogP contribution in [0.5, 0.6) is 0 Å². The van der Waals surface area contributed by atoms with E-state index in [1.54, 1.807) is 0 Å². The summed E-state index contributed by atoms with van der Waals surface area (Å²) in [6.45, 7) is -0.674. The highest BCUT2D eigenvalue weighted by atomic mass is 19.3. The van der Waals surface area contributed by atoms with E-state index >= 15 is 0 Å². The molecule has 0 fully saturated rings. The largest absolute Gasteiger partial charge is 0.417 e. The van der Waals surface area contributed by atoms with Crippen molar-refractivity contribution in [3.8, 4) is 0 Å². The standard InChI is InChI=1S/C14H10F4N4O3/c15-12(16)8-4-9(13(17)18)22(21-8)5-11(23)19-6-1-2-10-7(3-6)20-14(24)25-10/h1-4,12-13H,5H2,(H,19,23)(H,20,24). The molecule has 1 aromatic carbocycles. The van der Waals surface area contributed by atoms with E-state index < -0.39 is 42.4 Å². The minimum atomic E-state index is -3.06. The van der Waals surface area contributed by atoms with Gasteiger partial charge in [-0.2, -0.15) is 5.10 Å². The first kappa shape index (κ1) is 16.7. The molecular formula is C14H10F4N4O3. The quantitative estimate of drug-likeness (QED) is 0.686. The lowest BCUT2D eigenvalue weighted by Gasteiger charge is -2.08. The van der Waals surface area contributed by atoms with Crippen LogP contribution in [0.4, 0.5) is 23.2 Å². The number of carbonyl (C=O) groups is 1. The predicted octanol–water partition coefficient (Wildman–Crippen LogP) is 2.83. The van der Waals surface area contributed by atoms with Crippen molar-refractivity contribution in [3.05, 3.63) is 46.2 Å². The zero-order valence-electron chi connectivity index (χ0n) is 12.3. The van der Waals surface area contributed by atoms with Crippen molar-refractivity contribution >= 4 is 22.7 Å². The second-order valence-electron chi connectivity index (χ2n) is 5.03. The lowest BCUT2D eigenvalue weighted by molar-refractivity contribution is -0.117. The van der Waals surface area contributed by atoms with Crippen molar-refractivity contribution in [2.75, 3.05) is 5.32 Å². The first-order valence-corrected chi connectivity index (χ1v) is 6.90. The first-order chi connectivity index (χ1) is 11.8. The van der Waals surface area contributed by atoms with Crippen LogP contribution in [0.25, 0.3) is 11.1 Å². The van der Waals surface area contributed by atoms with Gasteiger partial charge in [0, 0.05) is 5.69 Å². The molecule has 3 aromatic rings. The zero-order valence-corrected chi connectivity index (χ0v) is 12.3. The number of hydrogen-bond donors (Lipinski definition) is 2. The number of nitrogens with zero attached hydrogens (tertiary/aromatic N) is 2. The van der Waals surface area contributed by atoms with Crippen LogP contribution in [0.15, 0.2) is 33.5 Å². The molecule has 0 bridgehead atoms. The summed E-state index contributed by atoms with van der Waals surface area (Å²) in [6, 6.07) is 4.82. The van der Waals surface area contributed by atoms with Crippen molar-refractivity contribution in [1.29, 1.82) is 0 Å². The molecule has 0 saturated carbocycles. The number of hydrogen-bond acceptors (Lipinski definition) is 4. The molecule has 11 heteroatoms. The van der Waals surface area contributed by atoms with Crippen molar-refractivity contribution in [2.24, 2.45) is 0 Å². The molecule has 0 spiro atoms. The van der Waals surface area contributed by atoms with Crippen molar-refractivity contribution < 1.29 is 26.8 Å². The molecule has 0 unspecified atom stereocenters. The summed E-state index contributed by atoms with van der Waals surface area (Å²) in [5.74, 6) is -1.42. The van der Waals surface area contributed by atoms with Crippen LogP contribution in [-0.2, 0) is 11.3 Å². The third-order valence-corrected chi connectivity index (χ3v) is 3.27. The van der Waals surface area contributed by atoms with E-state index in [1.807, 2.05) is 0 Å². The van der Waals surface area contributed by atoms with Crippen LogP contribution < -0.4 is 11.1 Å². The highest BCUT2D eigenvalue weighted by Gasteiger charge is 2.22. The van der Waals surface area contributed by atoms with Crippen LogP contribution in [0.2, 0.25) is 0 Å². The molecule has 2 N–H and O–H groups in total. The Kier molecular flexibility index (Phi) is 4.30. The maximum Gasteiger partial charge on any atom is 0.417 e. The molecule has 0 radical (unpaired) electrons. The number of benzene rings is 1. The molecule has 2 aromatic heterocycles. The highest BCUT2D eigenvalue weighted by Crippen LogP contribution is 2.25. The number of oxazole rings is 1. The summed E-state index contributed by atoms with van der Waals surface area (Å²) < 4.78 is 56.3. The Balaban J connectivity index is 1.78. The van der Waals surface area contributed by atoms with Gasteiger partial charge in [0.2, 0.25) is 5.91 Å². The average Bonchev–Trinajstić information content (AvgIpc) is 3.09. The smallest absolute Gasteiger partial charge is 0.408 e. The second kappa shape index (κ2) is 6.42. The van der Waals surface area contributed by atoms with Gasteiger partial charge < -0.3 is 9.73 Å². The molecule has 25 heavy (non-hydrogen) atoms. The highest BCUT2D eigenvalue weighted by molar-refractivity contribution is 5.92. The van der Waals surface area contributed by atoms with Gasteiger partial charge in [0.05, 0.1) is 5.52 Å². The number of rotatable bonds is 5. The van der Waals surface area contributed by atoms with E-state index in [4.69, 9.17) is 4.42 Å². The average molecular weight is 358 g/mol. The predicted molar refractivity (Wildman–Crippen MR) is 77.6 cm³/mol. The number of anilines is 1. The molecule has 0 saturated heterocycles. The van der Waals surface area contributed by atoms with Gasteiger partial charge in [-0.05, 0) is 24.3 Å². The molecule has 0 atom stereocenters. The van der Waals surface area contributed by atoms with E-state index in [2.05, 4.69) is 15.4 Å². The van der Waals surface area contributed by atoms with Crippen molar-refractivity contribution in [2.45, 2.75) is 19.4 Å². The molecule has 0 aliphatic carbocycles. The topological polar surface area (TPSA) is 92.9 Å². The molecule has 2 heterocycles. The fourth-order valence-electron chi connectivity index (χ4n) is 2.23. The summed E-state index contributed by atoms with van der Waals surface area (Å²) in [5, 5.41) is 5.73. The van der Waals surface area contributed by atoms with E-state index in [1.165, 1.54) is 18.2 Å². The van der Waals surface area contributed by atoms with Gasteiger partial charge in [0.1, 0.15) is 17.9 Å². The minimum Gasteiger partial charge on any atom is -0.408 e. The number of halogens is 4. The molecule has 132 valence electrons. The second-order valence-corrected chi connectivity index (χ2v) is 5.03. The van der Waals surface area contributed by atoms with Crippen molar-refractivity contribution in [3.63, 3.8) is 0 Å². The van der Waals surface area contributed by atoms with Gasteiger partial charge >= 0.3 is 5.76 Å². The van der Waals surface area contributed by atoms with Crippen LogP contribution in [0, 0.1) is 0 Å². The van der Waals surface area contributed by atoms with Gasteiger partial charge in [-0.25, -0.2) is 22.4 Å². The SMILES string of the molecule is O=C(Cn1nc(C(F)F)cc1C(F)F)Nc1ccc2oc(=O)[nH]c2c1. The third-order valence-electron chi connectivity index (χ3n) is 3.27. The third kappa shape index (κ3) is 3.54. The number of carbonyl (C=O) groups excluding carboxylic acids is 1. The molecule has 0 aliphatic rings. The maximum atomic E-state index is 12.9. The Morgan fingerprint density at radius 1 is 1.24 bits per heavy atom. The van der Waals surface area contributed by atoms with Gasteiger partial charge in [0.25, 0.3) is 12.9 Å². The van der Waals surface area contributed by atoms with Crippen LogP contribution >= 0.6 is 0 Å². The summed E-state index contributed by atoms with van der Waals surface area (Å²) in [4.78, 5) is 25.4. The number of aromatic amines is 1. The summed E-state index contributed by atoms with van der Waals surface area (Å²) in [7, 11) is 0. The number of H-pyrrole nitrogens is 1. The maximum absolute atomic E-state index is 12.9. The lowest BCUT2D eigenvalue weighted by Crippen LogP contribution is -2.21. The Bertz CT molecular complexity index is 976. The van der Waals surface area contributed by atoms with Crippen LogP contribution in [0.3, 0.4) is 0 Å². The molecule has 3 rings (SSSR count). The number of amides is 1. The van der Waals surface area contributed by atoms with Crippen molar-refractivity contribution in [1.82, 2.24) is 14.8 Å². The molecular weight excluding hydrogens is 348 g/mol. The number of fused-ring (bicyclic) bond motifs is 1. The summed E-state index contributed by atoms with van der Waals surface area (Å²) in [5.41, 5.74) is -0.748.